The number of carboxylic acid groups (broad SMARTS) is 1. The molecule has 3 rings (SSSR count). The van der Waals surface area contributed by atoms with Crippen LogP contribution in [0.15, 0.2) is 42.6 Å². The van der Waals surface area contributed by atoms with Gasteiger partial charge >= 0.3 is 5.97 Å². The third-order valence-electron chi connectivity index (χ3n) is 4.27. The summed E-state index contributed by atoms with van der Waals surface area (Å²) in [6.45, 7) is -0.544. The molecule has 9 nitrogen and oxygen atoms in total. The lowest BCUT2D eigenvalue weighted by molar-refractivity contribution is -0.277. The number of aromatic nitrogens is 1. The molecule has 144 valence electrons. The number of aliphatic hydroxyl groups is 4. The molecule has 1 aromatic heterocycles. The van der Waals surface area contributed by atoms with Crippen LogP contribution in [0.3, 0.4) is 0 Å². The maximum absolute atomic E-state index is 11.0. The van der Waals surface area contributed by atoms with E-state index in [9.17, 15) is 25.2 Å². The van der Waals surface area contributed by atoms with Crippen molar-refractivity contribution < 1.29 is 39.8 Å². The monoisotopic (exact) mass is 377 g/mol. The van der Waals surface area contributed by atoms with Crippen LogP contribution in [0.4, 0.5) is 0 Å². The van der Waals surface area contributed by atoms with E-state index in [1.807, 2.05) is 0 Å². The fourth-order valence-corrected chi connectivity index (χ4v) is 2.75. The van der Waals surface area contributed by atoms with Crippen LogP contribution in [0.2, 0.25) is 0 Å². The van der Waals surface area contributed by atoms with Crippen LogP contribution < -0.4 is 4.74 Å². The number of carbonyl (C=O) groups is 1. The summed E-state index contributed by atoms with van der Waals surface area (Å²) >= 11 is 0. The molecule has 0 spiro atoms. The van der Waals surface area contributed by atoms with Gasteiger partial charge in [-0.15, -0.1) is 0 Å². The van der Waals surface area contributed by atoms with Gasteiger partial charge in [-0.2, -0.15) is 0 Å². The molecular formula is C18H19NO8. The normalized spacial score (nSPS) is 27.9. The smallest absolute Gasteiger partial charge is 0.354 e. The molecule has 0 saturated carbocycles. The Kier molecular flexibility index (Phi) is 5.68. The van der Waals surface area contributed by atoms with Crippen molar-refractivity contribution in [1.82, 2.24) is 4.98 Å². The van der Waals surface area contributed by atoms with Crippen molar-refractivity contribution in [1.29, 1.82) is 0 Å². The van der Waals surface area contributed by atoms with E-state index >= 15 is 0 Å². The molecule has 5 N–H and O–H groups in total. The lowest BCUT2D eigenvalue weighted by Gasteiger charge is -2.39. The van der Waals surface area contributed by atoms with E-state index in [4.69, 9.17) is 14.6 Å². The number of pyridine rings is 1. The molecule has 27 heavy (non-hydrogen) atoms. The third-order valence-corrected chi connectivity index (χ3v) is 4.27. The standard InChI is InChI=1S/C18H19NO8/c20-8-13-14(21)15(22)16(23)18(27-13)26-11-3-1-9(2-4-11)10-5-6-19-12(7-10)17(24)25/h1-7,13-16,18,20-23H,8H2,(H,24,25)/t13-,14-,15+,16+,18+/m1/s1. The second kappa shape index (κ2) is 7.99. The number of rotatable bonds is 5. The van der Waals surface area contributed by atoms with Crippen LogP contribution in [0.5, 0.6) is 5.75 Å². The van der Waals surface area contributed by atoms with Gasteiger partial charge in [-0.05, 0) is 35.4 Å². The Hall–Kier alpha value is -2.56. The molecule has 2 heterocycles. The number of carboxylic acids is 1. The SMILES string of the molecule is O=C(O)c1cc(-c2ccc(O[C@H]3O[C@H](CO)[C@@H](O)[C@H](O)[C@@H]3O)cc2)ccn1. The van der Waals surface area contributed by atoms with E-state index in [2.05, 4.69) is 4.98 Å². The van der Waals surface area contributed by atoms with E-state index in [0.717, 1.165) is 5.56 Å². The van der Waals surface area contributed by atoms with Crippen LogP contribution in [-0.2, 0) is 4.74 Å². The van der Waals surface area contributed by atoms with Gasteiger partial charge in [0.2, 0.25) is 6.29 Å². The van der Waals surface area contributed by atoms with E-state index in [-0.39, 0.29) is 5.69 Å². The number of nitrogens with zero attached hydrogens (tertiary/aromatic N) is 1. The summed E-state index contributed by atoms with van der Waals surface area (Å²) < 4.78 is 10.8. The number of hydrogen-bond donors (Lipinski definition) is 5. The van der Waals surface area contributed by atoms with Gasteiger partial charge in [-0.25, -0.2) is 9.78 Å². The van der Waals surface area contributed by atoms with Crippen molar-refractivity contribution >= 4 is 5.97 Å². The Morgan fingerprint density at radius 2 is 1.74 bits per heavy atom. The summed E-state index contributed by atoms with van der Waals surface area (Å²) in [6, 6.07) is 9.63. The minimum Gasteiger partial charge on any atom is -0.477 e. The average Bonchev–Trinajstić information content (AvgIpc) is 2.69. The Balaban J connectivity index is 1.74. The highest BCUT2D eigenvalue weighted by Crippen LogP contribution is 2.27. The average molecular weight is 377 g/mol. The third kappa shape index (κ3) is 4.07. The minimum absolute atomic E-state index is 0.0749. The fraction of sp³-hybridized carbons (Fsp3) is 0.333. The molecule has 1 saturated heterocycles. The van der Waals surface area contributed by atoms with Crippen LogP contribution in [0.1, 0.15) is 10.5 Å². The Morgan fingerprint density at radius 3 is 2.37 bits per heavy atom. The predicted molar refractivity (Wildman–Crippen MR) is 91.0 cm³/mol. The lowest BCUT2D eigenvalue weighted by Crippen LogP contribution is -2.60. The van der Waals surface area contributed by atoms with Gasteiger partial charge in [0.1, 0.15) is 35.9 Å². The van der Waals surface area contributed by atoms with Crippen LogP contribution in [-0.4, -0.2) is 73.8 Å². The minimum atomic E-state index is -1.52. The van der Waals surface area contributed by atoms with E-state index < -0.39 is 43.3 Å². The van der Waals surface area contributed by atoms with Gasteiger partial charge in [0.05, 0.1) is 6.61 Å². The molecule has 0 amide bonds. The van der Waals surface area contributed by atoms with Crippen LogP contribution in [0.25, 0.3) is 11.1 Å². The second-order valence-corrected chi connectivity index (χ2v) is 6.07. The molecule has 2 aromatic rings. The van der Waals surface area contributed by atoms with E-state index in [0.29, 0.717) is 11.3 Å². The molecule has 0 unspecified atom stereocenters. The first-order chi connectivity index (χ1) is 12.9. The largest absolute Gasteiger partial charge is 0.477 e. The van der Waals surface area contributed by atoms with Gasteiger partial charge in [-0.1, -0.05) is 12.1 Å². The maximum atomic E-state index is 11.0. The number of aliphatic hydroxyl groups excluding tert-OH is 4. The molecule has 1 fully saturated rings. The zero-order valence-corrected chi connectivity index (χ0v) is 14.0. The highest BCUT2D eigenvalue weighted by molar-refractivity contribution is 5.87. The maximum Gasteiger partial charge on any atom is 0.354 e. The van der Waals surface area contributed by atoms with Gasteiger partial charge in [-0.3, -0.25) is 0 Å². The summed E-state index contributed by atoms with van der Waals surface area (Å²) in [6.07, 6.45) is -5.41. The highest BCUT2D eigenvalue weighted by atomic mass is 16.7. The first-order valence-corrected chi connectivity index (χ1v) is 8.17. The first-order valence-electron chi connectivity index (χ1n) is 8.17. The van der Waals surface area contributed by atoms with E-state index in [1.54, 1.807) is 30.3 Å². The Labute approximate surface area is 154 Å². The van der Waals surface area contributed by atoms with Crippen LogP contribution >= 0.6 is 0 Å². The molecule has 1 aromatic carbocycles. The zero-order chi connectivity index (χ0) is 19.6. The zero-order valence-electron chi connectivity index (χ0n) is 14.0. The van der Waals surface area contributed by atoms with Crippen molar-refractivity contribution in [3.05, 3.63) is 48.3 Å². The van der Waals surface area contributed by atoms with Crippen LogP contribution in [0, 0.1) is 0 Å². The molecule has 1 aliphatic rings. The van der Waals surface area contributed by atoms with Gasteiger partial charge in [0.15, 0.2) is 0 Å². The fourth-order valence-electron chi connectivity index (χ4n) is 2.75. The summed E-state index contributed by atoms with van der Waals surface area (Å²) in [5.74, 6) is -0.810. The number of benzene rings is 1. The van der Waals surface area contributed by atoms with Crippen molar-refractivity contribution in [2.24, 2.45) is 0 Å². The molecule has 0 bridgehead atoms. The van der Waals surface area contributed by atoms with Crippen molar-refractivity contribution in [2.45, 2.75) is 30.7 Å². The Bertz CT molecular complexity index is 794. The molecule has 0 radical (unpaired) electrons. The van der Waals surface area contributed by atoms with Gasteiger partial charge in [0.25, 0.3) is 0 Å². The summed E-state index contributed by atoms with van der Waals surface area (Å²) in [5, 5.41) is 47.8. The number of hydrogen-bond acceptors (Lipinski definition) is 8. The quantitative estimate of drug-likeness (QED) is 0.470. The van der Waals surface area contributed by atoms with Gasteiger partial charge in [0, 0.05) is 6.20 Å². The summed E-state index contributed by atoms with van der Waals surface area (Å²) in [4.78, 5) is 14.8. The first kappa shape index (κ1) is 19.2. The molecule has 1 aliphatic heterocycles. The van der Waals surface area contributed by atoms with Crippen molar-refractivity contribution in [3.8, 4) is 16.9 Å². The van der Waals surface area contributed by atoms with Gasteiger partial charge < -0.3 is 35.0 Å². The number of aromatic carboxylic acids is 1. The summed E-state index contributed by atoms with van der Waals surface area (Å²) in [5.41, 5.74) is 1.30. The molecule has 0 aliphatic carbocycles. The highest BCUT2D eigenvalue weighted by Gasteiger charge is 2.44. The van der Waals surface area contributed by atoms with Crippen molar-refractivity contribution in [2.75, 3.05) is 6.61 Å². The topological polar surface area (TPSA) is 150 Å². The van der Waals surface area contributed by atoms with E-state index in [1.165, 1.54) is 12.3 Å². The summed E-state index contributed by atoms with van der Waals surface area (Å²) in [7, 11) is 0. The lowest BCUT2D eigenvalue weighted by atomic mass is 9.99. The van der Waals surface area contributed by atoms with Crippen molar-refractivity contribution in [3.63, 3.8) is 0 Å². The predicted octanol–water partition coefficient (Wildman–Crippen LogP) is -0.375. The molecule has 9 heteroatoms. The molecule has 5 atom stereocenters. The number of ether oxygens (including phenoxy) is 2. The molecular weight excluding hydrogens is 358 g/mol. The Morgan fingerprint density at radius 1 is 1.04 bits per heavy atom. The second-order valence-electron chi connectivity index (χ2n) is 6.07.